The van der Waals surface area contributed by atoms with Gasteiger partial charge in [0.15, 0.2) is 6.54 Å². The molecule has 1 aliphatic heterocycles. The van der Waals surface area contributed by atoms with Gasteiger partial charge in [-0.25, -0.2) is 4.98 Å². The van der Waals surface area contributed by atoms with E-state index in [0.717, 1.165) is 31.4 Å². The van der Waals surface area contributed by atoms with Crippen molar-refractivity contribution in [1.29, 1.82) is 0 Å². The molecule has 122 valence electrons. The second kappa shape index (κ2) is 7.06. The first-order chi connectivity index (χ1) is 11.1. The van der Waals surface area contributed by atoms with E-state index in [1.54, 1.807) is 11.3 Å². The van der Waals surface area contributed by atoms with Gasteiger partial charge in [-0.15, -0.1) is 11.3 Å². The SMILES string of the molecule is CC(=O)NNC(=O)C[NH+]1CCC(c2nc3ccccc3s2)CC1. The van der Waals surface area contributed by atoms with E-state index in [1.807, 2.05) is 12.1 Å². The Morgan fingerprint density at radius 3 is 2.70 bits per heavy atom. The van der Waals surface area contributed by atoms with Crippen LogP contribution in [0.25, 0.3) is 10.2 Å². The lowest BCUT2D eigenvalue weighted by molar-refractivity contribution is -0.897. The van der Waals surface area contributed by atoms with Gasteiger partial charge < -0.3 is 4.90 Å². The van der Waals surface area contributed by atoms with E-state index in [4.69, 9.17) is 4.98 Å². The zero-order valence-corrected chi connectivity index (χ0v) is 13.9. The number of carbonyl (C=O) groups excluding carboxylic acids is 2. The Hall–Kier alpha value is -1.99. The second-order valence-corrected chi connectivity index (χ2v) is 7.01. The Labute approximate surface area is 138 Å². The maximum Gasteiger partial charge on any atom is 0.293 e. The van der Waals surface area contributed by atoms with E-state index in [0.29, 0.717) is 12.5 Å². The molecule has 1 aromatic heterocycles. The number of aromatic nitrogens is 1. The van der Waals surface area contributed by atoms with Gasteiger partial charge in [-0.2, -0.15) is 0 Å². The van der Waals surface area contributed by atoms with E-state index < -0.39 is 0 Å². The topological polar surface area (TPSA) is 75.5 Å². The lowest BCUT2D eigenvalue weighted by atomic mass is 9.97. The van der Waals surface area contributed by atoms with Crippen molar-refractivity contribution in [3.05, 3.63) is 29.3 Å². The molecule has 6 nitrogen and oxygen atoms in total. The van der Waals surface area contributed by atoms with Crippen LogP contribution in [0, 0.1) is 0 Å². The number of thiazole rings is 1. The Bertz CT molecular complexity index is 674. The van der Waals surface area contributed by atoms with Gasteiger partial charge in [0.2, 0.25) is 5.91 Å². The van der Waals surface area contributed by atoms with Crippen LogP contribution >= 0.6 is 11.3 Å². The predicted octanol–water partition coefficient (Wildman–Crippen LogP) is 0.226. The third-order valence-electron chi connectivity index (χ3n) is 4.14. The zero-order chi connectivity index (χ0) is 16.2. The van der Waals surface area contributed by atoms with Crippen LogP contribution in [0.2, 0.25) is 0 Å². The number of nitrogens with zero attached hydrogens (tertiary/aromatic N) is 1. The summed E-state index contributed by atoms with van der Waals surface area (Å²) in [6.07, 6.45) is 2.09. The summed E-state index contributed by atoms with van der Waals surface area (Å²) in [6, 6.07) is 8.24. The maximum absolute atomic E-state index is 11.7. The highest BCUT2D eigenvalue weighted by atomic mass is 32.1. The first kappa shape index (κ1) is 15.9. The van der Waals surface area contributed by atoms with Crippen LogP contribution in [-0.4, -0.2) is 36.4 Å². The lowest BCUT2D eigenvalue weighted by Crippen LogP contribution is -3.14. The fraction of sp³-hybridized carbons (Fsp3) is 0.438. The molecule has 23 heavy (non-hydrogen) atoms. The van der Waals surface area contributed by atoms with Crippen LogP contribution in [0.4, 0.5) is 0 Å². The molecular weight excluding hydrogens is 312 g/mol. The molecule has 3 rings (SSSR count). The number of hydrogen-bond donors (Lipinski definition) is 3. The van der Waals surface area contributed by atoms with Crippen molar-refractivity contribution in [2.75, 3.05) is 19.6 Å². The first-order valence-electron chi connectivity index (χ1n) is 7.86. The minimum atomic E-state index is -0.261. The summed E-state index contributed by atoms with van der Waals surface area (Å²) < 4.78 is 1.24. The monoisotopic (exact) mass is 333 g/mol. The van der Waals surface area contributed by atoms with Gasteiger partial charge in [0, 0.05) is 25.7 Å². The zero-order valence-electron chi connectivity index (χ0n) is 13.1. The van der Waals surface area contributed by atoms with Gasteiger partial charge in [-0.05, 0) is 12.1 Å². The Balaban J connectivity index is 1.52. The van der Waals surface area contributed by atoms with Gasteiger partial charge in [0.1, 0.15) is 0 Å². The molecule has 0 radical (unpaired) electrons. The average Bonchev–Trinajstić information content (AvgIpc) is 2.97. The Kier molecular flexibility index (Phi) is 4.88. The molecule has 0 spiro atoms. The molecule has 2 heterocycles. The van der Waals surface area contributed by atoms with Crippen molar-refractivity contribution >= 4 is 33.4 Å². The van der Waals surface area contributed by atoms with Crippen LogP contribution < -0.4 is 15.8 Å². The number of benzene rings is 1. The van der Waals surface area contributed by atoms with Crippen molar-refractivity contribution < 1.29 is 14.5 Å². The summed E-state index contributed by atoms with van der Waals surface area (Å²) >= 11 is 1.78. The summed E-state index contributed by atoms with van der Waals surface area (Å²) in [7, 11) is 0. The van der Waals surface area contributed by atoms with Gasteiger partial charge in [0.05, 0.1) is 28.3 Å². The Morgan fingerprint density at radius 2 is 2.00 bits per heavy atom. The van der Waals surface area contributed by atoms with Crippen molar-refractivity contribution in [3.8, 4) is 0 Å². The molecule has 3 N–H and O–H groups in total. The van der Waals surface area contributed by atoms with Crippen molar-refractivity contribution in [2.24, 2.45) is 0 Å². The minimum absolute atomic E-state index is 0.145. The minimum Gasteiger partial charge on any atom is -0.327 e. The summed E-state index contributed by atoms with van der Waals surface area (Å²) in [5, 5.41) is 1.22. The number of hydrogen-bond acceptors (Lipinski definition) is 4. The van der Waals surface area contributed by atoms with Crippen LogP contribution in [0.3, 0.4) is 0 Å². The van der Waals surface area contributed by atoms with E-state index in [2.05, 4.69) is 23.0 Å². The summed E-state index contributed by atoms with van der Waals surface area (Å²) in [5.41, 5.74) is 5.83. The van der Waals surface area contributed by atoms with E-state index >= 15 is 0 Å². The van der Waals surface area contributed by atoms with Crippen molar-refractivity contribution in [2.45, 2.75) is 25.7 Å². The average molecular weight is 333 g/mol. The summed E-state index contributed by atoms with van der Waals surface area (Å²) in [5.74, 6) is 0.0890. The fourth-order valence-electron chi connectivity index (χ4n) is 2.94. The largest absolute Gasteiger partial charge is 0.327 e. The van der Waals surface area contributed by atoms with E-state index in [-0.39, 0.29) is 11.8 Å². The van der Waals surface area contributed by atoms with Crippen LogP contribution in [-0.2, 0) is 9.59 Å². The highest BCUT2D eigenvalue weighted by molar-refractivity contribution is 7.18. The van der Waals surface area contributed by atoms with Gasteiger partial charge in [-0.3, -0.25) is 20.4 Å². The molecule has 0 unspecified atom stereocenters. The molecular formula is C16H21N4O2S+. The van der Waals surface area contributed by atoms with Crippen LogP contribution in [0.5, 0.6) is 0 Å². The van der Waals surface area contributed by atoms with Crippen LogP contribution in [0.1, 0.15) is 30.7 Å². The third kappa shape index (κ3) is 4.05. The standard InChI is InChI=1S/C16H20N4O2S/c1-11(21)18-19-15(22)10-20-8-6-12(7-9-20)16-17-13-4-2-3-5-14(13)23-16/h2-5,12H,6-10H2,1H3,(H,18,21)(H,19,22)/p+1. The lowest BCUT2D eigenvalue weighted by Gasteiger charge is -2.27. The number of likely N-dealkylation sites (tertiary alicyclic amines) is 1. The number of carbonyl (C=O) groups is 2. The van der Waals surface area contributed by atoms with E-state index in [9.17, 15) is 9.59 Å². The third-order valence-corrected chi connectivity index (χ3v) is 5.34. The van der Waals surface area contributed by atoms with Gasteiger partial charge >= 0.3 is 0 Å². The van der Waals surface area contributed by atoms with Gasteiger partial charge in [0.25, 0.3) is 5.91 Å². The number of nitrogens with one attached hydrogen (secondary N) is 3. The highest BCUT2D eigenvalue weighted by Crippen LogP contribution is 2.31. The number of quaternary nitrogens is 1. The molecule has 0 atom stereocenters. The molecule has 1 saturated heterocycles. The molecule has 1 aliphatic rings. The molecule has 1 fully saturated rings. The number of fused-ring (bicyclic) bond motifs is 1. The normalized spacial score (nSPS) is 21.1. The van der Waals surface area contributed by atoms with Gasteiger partial charge in [-0.1, -0.05) is 12.1 Å². The molecule has 0 saturated carbocycles. The molecule has 2 aromatic rings. The fourth-order valence-corrected chi connectivity index (χ4v) is 4.08. The molecule has 7 heteroatoms. The smallest absolute Gasteiger partial charge is 0.293 e. The number of hydrazine groups is 1. The summed E-state index contributed by atoms with van der Waals surface area (Å²) in [6.45, 7) is 3.67. The molecule has 0 aliphatic carbocycles. The van der Waals surface area contributed by atoms with Crippen LogP contribution in [0.15, 0.2) is 24.3 Å². The molecule has 0 bridgehead atoms. The second-order valence-electron chi connectivity index (χ2n) is 5.95. The number of para-hydroxylation sites is 1. The highest BCUT2D eigenvalue weighted by Gasteiger charge is 2.27. The van der Waals surface area contributed by atoms with Crippen molar-refractivity contribution in [3.63, 3.8) is 0 Å². The number of rotatable bonds is 3. The first-order valence-corrected chi connectivity index (χ1v) is 8.68. The maximum atomic E-state index is 11.7. The quantitative estimate of drug-likeness (QED) is 0.704. The molecule has 2 amide bonds. The van der Waals surface area contributed by atoms with Crippen molar-refractivity contribution in [1.82, 2.24) is 15.8 Å². The Morgan fingerprint density at radius 1 is 1.26 bits per heavy atom. The van der Waals surface area contributed by atoms with E-state index in [1.165, 1.54) is 21.5 Å². The summed E-state index contributed by atoms with van der Waals surface area (Å²) in [4.78, 5) is 28.5. The molecule has 1 aromatic carbocycles. The number of amides is 2. The predicted molar refractivity (Wildman–Crippen MR) is 89.1 cm³/mol. The number of piperidine rings is 1.